The lowest BCUT2D eigenvalue weighted by atomic mass is 10.1. The molecule has 4 heteroatoms. The van der Waals surface area contributed by atoms with Crippen LogP contribution < -0.4 is 4.90 Å². The van der Waals surface area contributed by atoms with Crippen LogP contribution in [0.25, 0.3) is 0 Å². The molecule has 0 N–H and O–H groups in total. The van der Waals surface area contributed by atoms with Gasteiger partial charge in [-0.05, 0) is 65.2 Å². The number of likely N-dealkylation sites (N-methyl/N-ethyl adjacent to an activating group) is 1. The molecule has 0 aliphatic heterocycles. The van der Waals surface area contributed by atoms with E-state index in [-0.39, 0.29) is 5.78 Å². The Bertz CT molecular complexity index is 586. The van der Waals surface area contributed by atoms with E-state index in [0.29, 0.717) is 6.54 Å². The van der Waals surface area contributed by atoms with Crippen LogP contribution in [0, 0.1) is 13.8 Å². The second kappa shape index (κ2) is 5.88. The Morgan fingerprint density at radius 3 is 2.37 bits per heavy atom. The fourth-order valence-corrected chi connectivity index (χ4v) is 3.34. The fourth-order valence-electron chi connectivity index (χ4n) is 2.02. The maximum absolute atomic E-state index is 12.2. The summed E-state index contributed by atoms with van der Waals surface area (Å²) < 4.78 is 0.991. The van der Waals surface area contributed by atoms with Gasteiger partial charge in [-0.15, -0.1) is 11.3 Å². The first kappa shape index (κ1) is 14.3. The predicted octanol–water partition coefficient (Wildman–Crippen LogP) is 4.45. The lowest BCUT2D eigenvalue weighted by Gasteiger charge is -2.19. The molecular formula is C15H16BrNOS. The minimum Gasteiger partial charge on any atom is -0.367 e. The number of benzene rings is 1. The van der Waals surface area contributed by atoms with E-state index in [1.807, 2.05) is 24.1 Å². The molecule has 0 amide bonds. The van der Waals surface area contributed by atoms with Crippen LogP contribution >= 0.6 is 27.3 Å². The van der Waals surface area contributed by atoms with Gasteiger partial charge >= 0.3 is 0 Å². The highest BCUT2D eigenvalue weighted by Crippen LogP contribution is 2.23. The number of Topliss-reactive ketones (excluding diaryl/α,β-unsaturated/α-hetero) is 1. The van der Waals surface area contributed by atoms with Crippen molar-refractivity contribution in [3.05, 3.63) is 50.1 Å². The van der Waals surface area contributed by atoms with Crippen molar-refractivity contribution in [2.75, 3.05) is 18.5 Å². The van der Waals surface area contributed by atoms with Gasteiger partial charge in [-0.25, -0.2) is 0 Å². The molecule has 0 atom stereocenters. The Balaban J connectivity index is 2.12. The second-order valence-electron chi connectivity index (χ2n) is 4.73. The molecule has 0 fully saturated rings. The molecule has 1 aromatic carbocycles. The van der Waals surface area contributed by atoms with E-state index < -0.39 is 0 Å². The van der Waals surface area contributed by atoms with Crippen LogP contribution in [0.1, 0.15) is 20.8 Å². The van der Waals surface area contributed by atoms with Gasteiger partial charge in [-0.1, -0.05) is 6.07 Å². The topological polar surface area (TPSA) is 20.3 Å². The predicted molar refractivity (Wildman–Crippen MR) is 85.5 cm³/mol. The summed E-state index contributed by atoms with van der Waals surface area (Å²) in [6.07, 6.45) is 0. The van der Waals surface area contributed by atoms with Crippen molar-refractivity contribution in [3.63, 3.8) is 0 Å². The van der Waals surface area contributed by atoms with E-state index >= 15 is 0 Å². The highest BCUT2D eigenvalue weighted by molar-refractivity contribution is 9.11. The third-order valence-corrected chi connectivity index (χ3v) is 4.54. The van der Waals surface area contributed by atoms with Gasteiger partial charge in [0.25, 0.3) is 0 Å². The van der Waals surface area contributed by atoms with Crippen molar-refractivity contribution in [2.45, 2.75) is 13.8 Å². The summed E-state index contributed by atoms with van der Waals surface area (Å²) in [5, 5.41) is 0. The zero-order valence-corrected chi connectivity index (χ0v) is 13.6. The summed E-state index contributed by atoms with van der Waals surface area (Å²) in [7, 11) is 1.95. The van der Waals surface area contributed by atoms with Crippen molar-refractivity contribution in [1.82, 2.24) is 0 Å². The normalized spacial score (nSPS) is 10.5. The van der Waals surface area contributed by atoms with Crippen LogP contribution in [0.3, 0.4) is 0 Å². The van der Waals surface area contributed by atoms with Crippen LogP contribution in [0.15, 0.2) is 34.1 Å². The molecule has 0 saturated carbocycles. The average molecular weight is 338 g/mol. The van der Waals surface area contributed by atoms with E-state index in [4.69, 9.17) is 0 Å². The van der Waals surface area contributed by atoms with Gasteiger partial charge in [-0.2, -0.15) is 0 Å². The molecular weight excluding hydrogens is 322 g/mol. The van der Waals surface area contributed by atoms with E-state index in [0.717, 1.165) is 14.4 Å². The third kappa shape index (κ3) is 3.67. The first-order valence-electron chi connectivity index (χ1n) is 6.03. The Labute approximate surface area is 126 Å². The van der Waals surface area contributed by atoms with Gasteiger partial charge in [0.2, 0.25) is 0 Å². The first-order chi connectivity index (χ1) is 8.95. The van der Waals surface area contributed by atoms with Gasteiger partial charge in [0.05, 0.1) is 15.2 Å². The maximum atomic E-state index is 12.2. The number of nitrogens with zero attached hydrogens (tertiary/aromatic N) is 1. The van der Waals surface area contributed by atoms with E-state index in [2.05, 4.69) is 48.0 Å². The molecule has 0 bridgehead atoms. The lowest BCUT2D eigenvalue weighted by molar-refractivity contribution is 0.100. The molecule has 2 aromatic rings. The molecule has 0 radical (unpaired) electrons. The quantitative estimate of drug-likeness (QED) is 0.768. The zero-order chi connectivity index (χ0) is 14.0. The Hall–Kier alpha value is -1.13. The van der Waals surface area contributed by atoms with Gasteiger partial charge in [0, 0.05) is 12.7 Å². The molecule has 1 aromatic heterocycles. The molecule has 2 nitrogen and oxygen atoms in total. The second-order valence-corrected chi connectivity index (χ2v) is 7.19. The highest BCUT2D eigenvalue weighted by Gasteiger charge is 2.12. The van der Waals surface area contributed by atoms with Crippen LogP contribution in [-0.4, -0.2) is 19.4 Å². The first-order valence-corrected chi connectivity index (χ1v) is 7.64. The monoisotopic (exact) mass is 337 g/mol. The maximum Gasteiger partial charge on any atom is 0.192 e. The third-order valence-electron chi connectivity index (χ3n) is 2.88. The molecule has 0 aliphatic rings. The van der Waals surface area contributed by atoms with Gasteiger partial charge in [0.1, 0.15) is 0 Å². The summed E-state index contributed by atoms with van der Waals surface area (Å²) in [5.74, 6) is 0.150. The molecule has 100 valence electrons. The number of rotatable bonds is 4. The van der Waals surface area contributed by atoms with Crippen molar-refractivity contribution < 1.29 is 4.79 Å². The molecule has 2 rings (SSSR count). The van der Waals surface area contributed by atoms with Crippen LogP contribution in [0.2, 0.25) is 0 Å². The molecule has 19 heavy (non-hydrogen) atoms. The number of halogens is 1. The van der Waals surface area contributed by atoms with Gasteiger partial charge in [0.15, 0.2) is 5.78 Å². The van der Waals surface area contributed by atoms with Gasteiger partial charge in [-0.3, -0.25) is 4.79 Å². The Kier molecular flexibility index (Phi) is 4.42. The molecule has 0 spiro atoms. The van der Waals surface area contributed by atoms with Crippen LogP contribution in [0.4, 0.5) is 5.69 Å². The summed E-state index contributed by atoms with van der Waals surface area (Å²) in [6, 6.07) is 10.1. The minimum absolute atomic E-state index is 0.150. The fraction of sp³-hybridized carbons (Fsp3) is 0.267. The summed E-state index contributed by atoms with van der Waals surface area (Å²) >= 11 is 4.86. The number of anilines is 1. The SMILES string of the molecule is Cc1cc(C)cc(N(C)CC(=O)c2ccc(Br)s2)c1. The highest BCUT2D eigenvalue weighted by atomic mass is 79.9. The number of thiophene rings is 1. The number of carbonyl (C=O) groups is 1. The zero-order valence-electron chi connectivity index (χ0n) is 11.2. The molecule has 0 saturated heterocycles. The summed E-state index contributed by atoms with van der Waals surface area (Å²) in [6.45, 7) is 4.54. The average Bonchev–Trinajstić information content (AvgIpc) is 2.74. The standard InChI is InChI=1S/C15H16BrNOS/c1-10-6-11(2)8-12(7-10)17(3)9-13(18)14-4-5-15(16)19-14/h4-8H,9H2,1-3H3. The van der Waals surface area contributed by atoms with Gasteiger partial charge < -0.3 is 4.90 Å². The van der Waals surface area contributed by atoms with Crippen molar-refractivity contribution >= 4 is 38.7 Å². The molecule has 0 aliphatic carbocycles. The number of hydrogen-bond donors (Lipinski definition) is 0. The van der Waals surface area contributed by atoms with E-state index in [9.17, 15) is 4.79 Å². The van der Waals surface area contributed by atoms with Crippen molar-refractivity contribution in [3.8, 4) is 0 Å². The summed E-state index contributed by atoms with van der Waals surface area (Å²) in [5.41, 5.74) is 3.52. The number of ketones is 1. The van der Waals surface area contributed by atoms with Crippen LogP contribution in [-0.2, 0) is 0 Å². The summed E-state index contributed by atoms with van der Waals surface area (Å²) in [4.78, 5) is 15.0. The largest absolute Gasteiger partial charge is 0.367 e. The number of aryl methyl sites for hydroxylation is 2. The van der Waals surface area contributed by atoms with E-state index in [1.54, 1.807) is 0 Å². The smallest absolute Gasteiger partial charge is 0.192 e. The van der Waals surface area contributed by atoms with E-state index in [1.165, 1.54) is 22.5 Å². The Morgan fingerprint density at radius 2 is 1.84 bits per heavy atom. The Morgan fingerprint density at radius 1 is 1.21 bits per heavy atom. The lowest BCUT2D eigenvalue weighted by Crippen LogP contribution is -2.25. The number of hydrogen-bond acceptors (Lipinski definition) is 3. The molecule has 1 heterocycles. The minimum atomic E-state index is 0.150. The number of carbonyl (C=O) groups excluding carboxylic acids is 1. The van der Waals surface area contributed by atoms with Crippen LogP contribution in [0.5, 0.6) is 0 Å². The van der Waals surface area contributed by atoms with Crippen molar-refractivity contribution in [2.24, 2.45) is 0 Å². The van der Waals surface area contributed by atoms with Crippen molar-refractivity contribution in [1.29, 1.82) is 0 Å². The molecule has 0 unspecified atom stereocenters.